The number of esters is 1. The van der Waals surface area contributed by atoms with Crippen molar-refractivity contribution in [3.05, 3.63) is 50.9 Å². The Hall–Kier alpha value is -1.99. The minimum atomic E-state index is -0.412. The van der Waals surface area contributed by atoms with Gasteiger partial charge < -0.3 is 20.5 Å². The zero-order chi connectivity index (χ0) is 18.4. The van der Waals surface area contributed by atoms with Crippen LogP contribution in [-0.4, -0.2) is 19.6 Å². The molecule has 0 fully saturated rings. The third-order valence-electron chi connectivity index (χ3n) is 3.25. The average Bonchev–Trinajstić information content (AvgIpc) is 2.58. The molecule has 0 amide bonds. The highest BCUT2D eigenvalue weighted by molar-refractivity contribution is 9.11. The molecule has 0 aromatic heterocycles. The first kappa shape index (κ1) is 19.3. The summed E-state index contributed by atoms with van der Waals surface area (Å²) >= 11 is 7.00. The molecule has 0 aliphatic rings. The molecule has 0 bridgehead atoms. The third kappa shape index (κ3) is 5.24. The summed E-state index contributed by atoms with van der Waals surface area (Å²) in [5.74, 6) is 0.872. The van der Waals surface area contributed by atoms with Crippen molar-refractivity contribution in [2.75, 3.05) is 24.7 Å². The molecule has 0 spiro atoms. The lowest BCUT2D eigenvalue weighted by Gasteiger charge is -2.13. The van der Waals surface area contributed by atoms with Crippen LogP contribution in [0.3, 0.4) is 0 Å². The summed E-state index contributed by atoms with van der Waals surface area (Å²) in [5.41, 5.74) is 8.24. The molecule has 0 unspecified atom stereocenters. The van der Waals surface area contributed by atoms with Crippen LogP contribution in [0.15, 0.2) is 45.4 Å². The number of carbonyl (C=O) groups is 1. The molecule has 2 aromatic carbocycles. The van der Waals surface area contributed by atoms with Crippen LogP contribution in [0.5, 0.6) is 11.5 Å². The first-order valence-electron chi connectivity index (χ1n) is 7.51. The number of nitrogens with two attached hydrogens (primary N) is 1. The van der Waals surface area contributed by atoms with E-state index in [9.17, 15) is 4.79 Å². The van der Waals surface area contributed by atoms with E-state index in [0.717, 1.165) is 26.7 Å². The number of methoxy groups -OCH3 is 1. The van der Waals surface area contributed by atoms with E-state index < -0.39 is 5.97 Å². The average molecular weight is 470 g/mol. The molecule has 0 heterocycles. The topological polar surface area (TPSA) is 73.6 Å². The van der Waals surface area contributed by atoms with Gasteiger partial charge >= 0.3 is 5.97 Å². The SMILES string of the molecule is CCNc1cc(Oc2c(Br)cc(C=CC(=O)OC)cc2Br)ccc1N. The number of hydrogen-bond donors (Lipinski definition) is 2. The Morgan fingerprint density at radius 2 is 1.92 bits per heavy atom. The quantitative estimate of drug-likeness (QED) is 0.345. The number of nitrogen functional groups attached to an aromatic ring is 1. The molecule has 25 heavy (non-hydrogen) atoms. The highest BCUT2D eigenvalue weighted by atomic mass is 79.9. The lowest BCUT2D eigenvalue weighted by atomic mass is 10.2. The largest absolute Gasteiger partial charge is 0.466 e. The van der Waals surface area contributed by atoms with Crippen LogP contribution in [0.1, 0.15) is 12.5 Å². The molecular formula is C18H18Br2N2O3. The maximum atomic E-state index is 11.2. The van der Waals surface area contributed by atoms with Crippen LogP contribution in [0, 0.1) is 0 Å². The zero-order valence-corrected chi connectivity index (χ0v) is 17.0. The van der Waals surface area contributed by atoms with Crippen molar-refractivity contribution in [3.8, 4) is 11.5 Å². The lowest BCUT2D eigenvalue weighted by molar-refractivity contribution is -0.134. The van der Waals surface area contributed by atoms with Gasteiger partial charge in [0.1, 0.15) is 5.75 Å². The maximum Gasteiger partial charge on any atom is 0.330 e. The van der Waals surface area contributed by atoms with Crippen molar-refractivity contribution in [3.63, 3.8) is 0 Å². The van der Waals surface area contributed by atoms with E-state index in [2.05, 4.69) is 41.9 Å². The fraction of sp³-hybridized carbons (Fsp3) is 0.167. The van der Waals surface area contributed by atoms with Gasteiger partial charge in [0.15, 0.2) is 5.75 Å². The van der Waals surface area contributed by atoms with Crippen molar-refractivity contribution in [1.29, 1.82) is 0 Å². The van der Waals surface area contributed by atoms with Crippen LogP contribution >= 0.6 is 31.9 Å². The molecule has 132 valence electrons. The van der Waals surface area contributed by atoms with E-state index in [1.807, 2.05) is 25.1 Å². The number of nitrogens with one attached hydrogen (secondary N) is 1. The number of anilines is 2. The normalized spacial score (nSPS) is 10.7. The number of hydrogen-bond acceptors (Lipinski definition) is 5. The van der Waals surface area contributed by atoms with Crippen LogP contribution < -0.4 is 15.8 Å². The van der Waals surface area contributed by atoms with Gasteiger partial charge in [-0.15, -0.1) is 0 Å². The fourth-order valence-electron chi connectivity index (χ4n) is 2.07. The number of carbonyl (C=O) groups excluding carboxylic acids is 1. The van der Waals surface area contributed by atoms with Gasteiger partial charge in [-0.05, 0) is 74.7 Å². The van der Waals surface area contributed by atoms with Gasteiger partial charge in [0.05, 0.1) is 27.4 Å². The molecule has 0 saturated carbocycles. The molecule has 2 rings (SSSR count). The minimum absolute atomic E-state index is 0.412. The summed E-state index contributed by atoms with van der Waals surface area (Å²) in [5, 5.41) is 3.19. The van der Waals surface area contributed by atoms with E-state index in [1.54, 1.807) is 18.2 Å². The van der Waals surface area contributed by atoms with Crippen molar-refractivity contribution in [2.45, 2.75) is 6.92 Å². The molecule has 0 aliphatic carbocycles. The molecule has 0 saturated heterocycles. The first-order chi connectivity index (χ1) is 11.9. The third-order valence-corrected chi connectivity index (χ3v) is 4.42. The second-order valence-electron chi connectivity index (χ2n) is 5.05. The van der Waals surface area contributed by atoms with Gasteiger partial charge in [-0.25, -0.2) is 4.79 Å². The van der Waals surface area contributed by atoms with E-state index >= 15 is 0 Å². The number of benzene rings is 2. The van der Waals surface area contributed by atoms with Crippen LogP contribution in [0.4, 0.5) is 11.4 Å². The smallest absolute Gasteiger partial charge is 0.330 e. The van der Waals surface area contributed by atoms with Crippen molar-refractivity contribution < 1.29 is 14.3 Å². The number of ether oxygens (including phenoxy) is 2. The van der Waals surface area contributed by atoms with Crippen molar-refractivity contribution >= 4 is 55.3 Å². The van der Waals surface area contributed by atoms with Gasteiger partial charge in [0.25, 0.3) is 0 Å². The zero-order valence-electron chi connectivity index (χ0n) is 13.8. The summed E-state index contributed by atoms with van der Waals surface area (Å²) in [6.45, 7) is 2.77. The van der Waals surface area contributed by atoms with Gasteiger partial charge in [-0.3, -0.25) is 0 Å². The van der Waals surface area contributed by atoms with Gasteiger partial charge in [-0.2, -0.15) is 0 Å². The van der Waals surface area contributed by atoms with E-state index in [-0.39, 0.29) is 0 Å². The molecule has 0 radical (unpaired) electrons. The van der Waals surface area contributed by atoms with Crippen molar-refractivity contribution in [1.82, 2.24) is 0 Å². The molecule has 2 aromatic rings. The van der Waals surface area contributed by atoms with E-state index in [1.165, 1.54) is 13.2 Å². The Balaban J connectivity index is 2.27. The Bertz CT molecular complexity index is 784. The monoisotopic (exact) mass is 468 g/mol. The van der Waals surface area contributed by atoms with Crippen molar-refractivity contribution in [2.24, 2.45) is 0 Å². The molecule has 7 heteroatoms. The van der Waals surface area contributed by atoms with E-state index in [4.69, 9.17) is 10.5 Å². The Morgan fingerprint density at radius 1 is 1.24 bits per heavy atom. The van der Waals surface area contributed by atoms with Crippen LogP contribution in [-0.2, 0) is 9.53 Å². The summed E-state index contributed by atoms with van der Waals surface area (Å²) in [4.78, 5) is 11.2. The predicted octanol–water partition coefficient (Wildman–Crippen LogP) is 5.20. The number of halogens is 2. The lowest BCUT2D eigenvalue weighted by Crippen LogP contribution is -2.01. The summed E-state index contributed by atoms with van der Waals surface area (Å²) < 4.78 is 12.1. The van der Waals surface area contributed by atoms with Gasteiger partial charge in [0, 0.05) is 18.7 Å². The minimum Gasteiger partial charge on any atom is -0.466 e. The first-order valence-corrected chi connectivity index (χ1v) is 9.09. The fourth-order valence-corrected chi connectivity index (χ4v) is 3.45. The maximum absolute atomic E-state index is 11.2. The van der Waals surface area contributed by atoms with E-state index in [0.29, 0.717) is 17.2 Å². The van der Waals surface area contributed by atoms with Gasteiger partial charge in [0.2, 0.25) is 0 Å². The highest BCUT2D eigenvalue weighted by Crippen LogP contribution is 2.39. The van der Waals surface area contributed by atoms with Gasteiger partial charge in [-0.1, -0.05) is 0 Å². The summed E-state index contributed by atoms with van der Waals surface area (Å²) in [6.07, 6.45) is 3.02. The molecule has 0 atom stereocenters. The standard InChI is InChI=1S/C18H18Br2N2O3/c1-3-22-16-10-12(5-6-15(16)21)25-18-13(19)8-11(9-14(18)20)4-7-17(23)24-2/h4-10,22H,3,21H2,1-2H3. The molecule has 3 N–H and O–H groups in total. The molecular weight excluding hydrogens is 452 g/mol. The van der Waals surface area contributed by atoms with Crippen LogP contribution in [0.25, 0.3) is 6.08 Å². The highest BCUT2D eigenvalue weighted by Gasteiger charge is 2.11. The summed E-state index contributed by atoms with van der Waals surface area (Å²) in [6, 6.07) is 9.15. The predicted molar refractivity (Wildman–Crippen MR) is 108 cm³/mol. The Morgan fingerprint density at radius 3 is 2.52 bits per heavy atom. The Kier molecular flexibility index (Phi) is 6.90. The second kappa shape index (κ2) is 8.92. The second-order valence-corrected chi connectivity index (χ2v) is 6.76. The molecule has 5 nitrogen and oxygen atoms in total. The van der Waals surface area contributed by atoms with Crippen LogP contribution in [0.2, 0.25) is 0 Å². The Labute approximate surface area is 163 Å². The molecule has 0 aliphatic heterocycles. The number of rotatable bonds is 6. The summed E-state index contributed by atoms with van der Waals surface area (Å²) in [7, 11) is 1.34.